The maximum absolute atomic E-state index is 13.8. The molecule has 5 aliphatic rings. The largest absolute Gasteiger partial charge is 0.510 e. The second-order valence-corrected chi connectivity index (χ2v) is 11.3. The SMILES string of the molecule is Cc1cc(C2=C(O)C(c3cc(C)c4cc(C(C)C)ccc(C)c3-4)C2=O)c2c(C)ccc(C(C)C)cc1-2. The minimum atomic E-state index is -0.603. The molecule has 5 rings (SSSR count). The fraction of sp³-hybridized carbons (Fsp3) is 0.324. The zero-order chi connectivity index (χ0) is 26.0. The molecule has 0 fully saturated rings. The van der Waals surface area contributed by atoms with Gasteiger partial charge in [-0.25, -0.2) is 0 Å². The van der Waals surface area contributed by atoms with Gasteiger partial charge in [-0.3, -0.25) is 4.79 Å². The lowest BCUT2D eigenvalue weighted by molar-refractivity contribution is -0.116. The predicted molar refractivity (Wildman–Crippen MR) is 151 cm³/mol. The number of aliphatic hydroxyl groups is 1. The molecule has 0 aromatic rings. The molecule has 184 valence electrons. The molecule has 0 heterocycles. The van der Waals surface area contributed by atoms with E-state index in [4.69, 9.17) is 0 Å². The highest BCUT2D eigenvalue weighted by Crippen LogP contribution is 2.52. The summed E-state index contributed by atoms with van der Waals surface area (Å²) in [6.07, 6.45) is 0. The Bertz CT molecular complexity index is 1500. The first-order chi connectivity index (χ1) is 17.0. The number of carbonyl (C=O) groups is 1. The summed E-state index contributed by atoms with van der Waals surface area (Å²) >= 11 is 0. The molecule has 1 atom stereocenters. The Balaban J connectivity index is 1.65. The number of Topliss-reactive ketones (excluding diaryl/α,β-unsaturated/α-hetero) is 1. The van der Waals surface area contributed by atoms with Crippen LogP contribution in [0.4, 0.5) is 0 Å². The summed E-state index contributed by atoms with van der Waals surface area (Å²) < 4.78 is 0. The van der Waals surface area contributed by atoms with Crippen LogP contribution >= 0.6 is 0 Å². The molecule has 2 heteroatoms. The van der Waals surface area contributed by atoms with Gasteiger partial charge in [-0.2, -0.15) is 0 Å². The smallest absolute Gasteiger partial charge is 0.181 e. The van der Waals surface area contributed by atoms with E-state index < -0.39 is 5.92 Å². The molecule has 0 aromatic carbocycles. The summed E-state index contributed by atoms with van der Waals surface area (Å²) in [5.41, 5.74) is 13.8. The van der Waals surface area contributed by atoms with Crippen LogP contribution in [0.15, 0.2) is 54.3 Å². The Morgan fingerprint density at radius 1 is 0.639 bits per heavy atom. The molecule has 1 N–H and O–H groups in total. The maximum Gasteiger partial charge on any atom is 0.181 e. The summed E-state index contributed by atoms with van der Waals surface area (Å²) in [4.78, 5) is 13.8. The molecular weight excluding hydrogens is 440 g/mol. The van der Waals surface area contributed by atoms with Gasteiger partial charge in [0.25, 0.3) is 0 Å². The Kier molecular flexibility index (Phi) is 5.82. The van der Waals surface area contributed by atoms with E-state index in [0.717, 1.165) is 50.1 Å². The van der Waals surface area contributed by atoms with Crippen LogP contribution in [0.5, 0.6) is 0 Å². The van der Waals surface area contributed by atoms with Gasteiger partial charge in [-0.15, -0.1) is 0 Å². The second-order valence-electron chi connectivity index (χ2n) is 11.3. The lowest BCUT2D eigenvalue weighted by Gasteiger charge is -2.29. The van der Waals surface area contributed by atoms with Crippen LogP contribution in [-0.4, -0.2) is 10.9 Å². The molecule has 0 bridgehead atoms. The number of hydrogen-bond acceptors (Lipinski definition) is 2. The van der Waals surface area contributed by atoms with Crippen LogP contribution in [0.2, 0.25) is 0 Å². The molecule has 2 nitrogen and oxygen atoms in total. The van der Waals surface area contributed by atoms with E-state index in [1.54, 1.807) is 0 Å². The first-order valence-corrected chi connectivity index (χ1v) is 13.1. The van der Waals surface area contributed by atoms with E-state index in [-0.39, 0.29) is 11.5 Å². The van der Waals surface area contributed by atoms with Gasteiger partial charge in [0.2, 0.25) is 0 Å². The van der Waals surface area contributed by atoms with Crippen molar-refractivity contribution in [2.45, 2.75) is 73.1 Å². The second kappa shape index (κ2) is 8.62. The average Bonchev–Trinajstić information content (AvgIpc) is 3.11. The van der Waals surface area contributed by atoms with Crippen LogP contribution < -0.4 is 0 Å². The van der Waals surface area contributed by atoms with E-state index in [0.29, 0.717) is 17.4 Å². The van der Waals surface area contributed by atoms with Gasteiger partial charge in [0.15, 0.2) is 5.78 Å². The number of allylic oxidation sites excluding steroid dienone is 2. The minimum Gasteiger partial charge on any atom is -0.510 e. The minimum absolute atomic E-state index is 0.0104. The van der Waals surface area contributed by atoms with E-state index in [9.17, 15) is 9.90 Å². The molecule has 36 heavy (non-hydrogen) atoms. The quantitative estimate of drug-likeness (QED) is 0.319. The van der Waals surface area contributed by atoms with Gasteiger partial charge in [0, 0.05) is 0 Å². The Hall–Kier alpha value is -3.39. The van der Waals surface area contributed by atoms with Crippen LogP contribution in [0.25, 0.3) is 27.8 Å². The van der Waals surface area contributed by atoms with Crippen molar-refractivity contribution in [2.24, 2.45) is 0 Å². The molecule has 5 aliphatic carbocycles. The van der Waals surface area contributed by atoms with E-state index in [1.807, 2.05) is 0 Å². The van der Waals surface area contributed by atoms with Gasteiger partial charge in [-0.1, -0.05) is 70.2 Å². The fourth-order valence-electron chi connectivity index (χ4n) is 5.88. The van der Waals surface area contributed by atoms with Gasteiger partial charge in [-0.05, 0) is 112 Å². The lowest BCUT2D eigenvalue weighted by atomic mass is 9.73. The van der Waals surface area contributed by atoms with Crippen LogP contribution in [-0.2, 0) is 4.79 Å². The number of carbonyl (C=O) groups excluding carboxylic acids is 1. The topological polar surface area (TPSA) is 37.3 Å². The molecule has 0 saturated carbocycles. The van der Waals surface area contributed by atoms with Gasteiger partial charge < -0.3 is 5.11 Å². The molecule has 0 aromatic heterocycles. The van der Waals surface area contributed by atoms with Crippen molar-refractivity contribution in [3.8, 4) is 22.3 Å². The highest BCUT2D eigenvalue weighted by molar-refractivity contribution is 6.33. The number of aliphatic hydroxyl groups excluding tert-OH is 1. The highest BCUT2D eigenvalue weighted by atomic mass is 16.3. The Morgan fingerprint density at radius 2 is 1.14 bits per heavy atom. The summed E-state index contributed by atoms with van der Waals surface area (Å²) in [6.45, 7) is 17.2. The zero-order valence-corrected chi connectivity index (χ0v) is 22.7. The summed E-state index contributed by atoms with van der Waals surface area (Å²) in [5.74, 6) is 0.432. The van der Waals surface area contributed by atoms with Crippen molar-refractivity contribution in [2.75, 3.05) is 0 Å². The van der Waals surface area contributed by atoms with Crippen molar-refractivity contribution in [1.29, 1.82) is 0 Å². The van der Waals surface area contributed by atoms with Crippen molar-refractivity contribution in [1.82, 2.24) is 0 Å². The van der Waals surface area contributed by atoms with Crippen molar-refractivity contribution in [3.63, 3.8) is 0 Å². The summed E-state index contributed by atoms with van der Waals surface area (Å²) in [7, 11) is 0. The number of fused-ring (bicyclic) bond motifs is 2. The molecule has 0 spiro atoms. The monoisotopic (exact) mass is 476 g/mol. The zero-order valence-electron chi connectivity index (χ0n) is 22.7. The van der Waals surface area contributed by atoms with Crippen molar-refractivity contribution in [3.05, 3.63) is 98.8 Å². The van der Waals surface area contributed by atoms with E-state index >= 15 is 0 Å². The van der Waals surface area contributed by atoms with E-state index in [2.05, 4.69) is 104 Å². The summed E-state index contributed by atoms with van der Waals surface area (Å²) in [5, 5.41) is 11.4. The van der Waals surface area contributed by atoms with Crippen LogP contribution in [0, 0.1) is 27.7 Å². The highest BCUT2D eigenvalue weighted by Gasteiger charge is 2.44. The molecule has 0 aliphatic heterocycles. The van der Waals surface area contributed by atoms with E-state index in [1.165, 1.54) is 16.7 Å². The average molecular weight is 477 g/mol. The maximum atomic E-state index is 13.8. The van der Waals surface area contributed by atoms with Gasteiger partial charge in [0.05, 0.1) is 5.57 Å². The Labute approximate surface area is 215 Å². The summed E-state index contributed by atoms with van der Waals surface area (Å²) in [6, 6.07) is 17.3. The molecular formula is C34H36O2. The third kappa shape index (κ3) is 3.58. The van der Waals surface area contributed by atoms with Crippen molar-refractivity contribution < 1.29 is 9.90 Å². The van der Waals surface area contributed by atoms with Crippen LogP contribution in [0.3, 0.4) is 0 Å². The van der Waals surface area contributed by atoms with Gasteiger partial charge >= 0.3 is 0 Å². The number of rotatable bonds is 4. The fourth-order valence-corrected chi connectivity index (χ4v) is 5.88. The standard InChI is InChI=1S/C34H36O2/c1-17(2)23-11-9-19(5)29-25(15-23)21(7)13-27(29)31-33(35)32(34(31)36)28-14-22(8)26-16-24(18(3)4)12-10-20(6)30(26)28/h9-18,31,35H,1-8H3. The number of ketones is 1. The third-order valence-electron chi connectivity index (χ3n) is 8.09. The normalized spacial score (nSPS) is 16.1. The molecule has 1 unspecified atom stereocenters. The van der Waals surface area contributed by atoms with Crippen LogP contribution in [0.1, 0.15) is 90.0 Å². The lowest BCUT2D eigenvalue weighted by Crippen LogP contribution is -2.28. The number of aryl methyl sites for hydroxylation is 4. The molecule has 0 amide bonds. The first kappa shape index (κ1) is 24.3. The number of hydrogen-bond donors (Lipinski definition) is 1. The Morgan fingerprint density at radius 3 is 1.67 bits per heavy atom. The first-order valence-electron chi connectivity index (χ1n) is 13.1. The predicted octanol–water partition coefficient (Wildman–Crippen LogP) is 9.01. The van der Waals surface area contributed by atoms with Gasteiger partial charge in [0.1, 0.15) is 11.7 Å². The third-order valence-corrected chi connectivity index (χ3v) is 8.09. The molecule has 0 saturated heterocycles. The van der Waals surface area contributed by atoms with Crippen molar-refractivity contribution >= 4 is 11.4 Å². The molecule has 0 radical (unpaired) electrons.